The molecule has 0 spiro atoms. The van der Waals surface area contributed by atoms with Crippen LogP contribution < -0.4 is 0 Å². The molecule has 4 heteroatoms. The van der Waals surface area contributed by atoms with Crippen molar-refractivity contribution in [3.8, 4) is 0 Å². The zero-order valence-corrected chi connectivity index (χ0v) is 18.8. The minimum absolute atomic E-state index is 0.245. The molecule has 0 unspecified atom stereocenters. The number of aliphatic imine (C=N–C) groups is 1. The van der Waals surface area contributed by atoms with Gasteiger partial charge in [0.25, 0.3) is 0 Å². The largest absolute Gasteiger partial charge is 0.458 e. The second kappa shape index (κ2) is 11.3. The molecular weight excluding hydrogens is 473 g/mol. The van der Waals surface area contributed by atoms with Gasteiger partial charge in [0.2, 0.25) is 0 Å². The van der Waals surface area contributed by atoms with E-state index < -0.39 is 5.97 Å². The Morgan fingerprint density at radius 1 is 1.03 bits per heavy atom. The van der Waals surface area contributed by atoms with Crippen molar-refractivity contribution < 1.29 is 9.53 Å². The number of halogens is 1. The van der Waals surface area contributed by atoms with Crippen molar-refractivity contribution in [3.63, 3.8) is 0 Å². The van der Waals surface area contributed by atoms with Crippen molar-refractivity contribution in [1.82, 2.24) is 0 Å². The fourth-order valence-electron chi connectivity index (χ4n) is 2.60. The van der Waals surface area contributed by atoms with E-state index in [4.69, 9.17) is 4.74 Å². The van der Waals surface area contributed by atoms with Gasteiger partial charge in [0.05, 0.1) is 5.71 Å². The Labute approximate surface area is 186 Å². The summed E-state index contributed by atoms with van der Waals surface area (Å²) in [4.78, 5) is 16.3. The van der Waals surface area contributed by atoms with Crippen LogP contribution in [0.3, 0.4) is 0 Å². The van der Waals surface area contributed by atoms with Crippen LogP contribution in [0.5, 0.6) is 0 Å². The molecule has 0 aliphatic rings. The van der Waals surface area contributed by atoms with Crippen LogP contribution in [-0.2, 0) is 16.1 Å². The maximum Gasteiger partial charge on any atom is 0.331 e. The van der Waals surface area contributed by atoms with Gasteiger partial charge >= 0.3 is 5.97 Å². The smallest absolute Gasteiger partial charge is 0.331 e. The standard InChI is InChI=1S/C25H24INO2/c1-18(14-16-24(28)29-17-21-9-6-5-7-10-21)13-15-19(2)25(27-4)22-11-8-12-23(26)20(22)3/h5-16H,1-2,17H2,3-4H3/b15-13-,16-14-,27-25-. The summed E-state index contributed by atoms with van der Waals surface area (Å²) in [5, 5.41) is 0. The van der Waals surface area contributed by atoms with Gasteiger partial charge in [0.15, 0.2) is 0 Å². The number of carbonyl (C=O) groups excluding carboxylic acids is 1. The van der Waals surface area contributed by atoms with E-state index in [-0.39, 0.29) is 6.61 Å². The van der Waals surface area contributed by atoms with Crippen LogP contribution in [0.25, 0.3) is 0 Å². The molecule has 0 fully saturated rings. The molecule has 3 nitrogen and oxygen atoms in total. The molecule has 0 atom stereocenters. The molecule has 0 amide bonds. The van der Waals surface area contributed by atoms with E-state index >= 15 is 0 Å². The highest BCUT2D eigenvalue weighted by Crippen LogP contribution is 2.20. The number of benzene rings is 2. The predicted octanol–water partition coefficient (Wildman–Crippen LogP) is 5.99. The fraction of sp³-hybridized carbons (Fsp3) is 0.120. The van der Waals surface area contributed by atoms with Gasteiger partial charge in [-0.1, -0.05) is 67.8 Å². The summed E-state index contributed by atoms with van der Waals surface area (Å²) < 4.78 is 6.39. The number of hydrogen-bond acceptors (Lipinski definition) is 3. The third-order valence-electron chi connectivity index (χ3n) is 4.21. The van der Waals surface area contributed by atoms with Gasteiger partial charge in [-0.2, -0.15) is 0 Å². The molecule has 0 saturated carbocycles. The molecule has 0 N–H and O–H groups in total. The highest BCUT2D eigenvalue weighted by Gasteiger charge is 2.10. The van der Waals surface area contributed by atoms with Crippen LogP contribution in [-0.4, -0.2) is 18.7 Å². The minimum atomic E-state index is -0.410. The van der Waals surface area contributed by atoms with Crippen LogP contribution >= 0.6 is 22.6 Å². The van der Waals surface area contributed by atoms with E-state index in [0.29, 0.717) is 5.57 Å². The van der Waals surface area contributed by atoms with E-state index in [1.54, 1.807) is 19.2 Å². The van der Waals surface area contributed by atoms with Gasteiger partial charge < -0.3 is 4.74 Å². The lowest BCUT2D eigenvalue weighted by Crippen LogP contribution is -2.06. The highest BCUT2D eigenvalue weighted by atomic mass is 127. The Hall–Kier alpha value is -2.73. The second-order valence-corrected chi connectivity index (χ2v) is 7.51. The number of ether oxygens (including phenoxy) is 1. The van der Waals surface area contributed by atoms with E-state index in [9.17, 15) is 4.79 Å². The normalized spacial score (nSPS) is 11.8. The first-order valence-electron chi connectivity index (χ1n) is 9.09. The monoisotopic (exact) mass is 497 g/mol. The number of allylic oxidation sites excluding steroid dienone is 5. The minimum Gasteiger partial charge on any atom is -0.458 e. The number of carbonyl (C=O) groups is 1. The molecule has 148 valence electrons. The molecular formula is C25H24INO2. The van der Waals surface area contributed by atoms with E-state index in [1.165, 1.54) is 15.2 Å². The van der Waals surface area contributed by atoms with Crippen molar-refractivity contribution in [2.24, 2.45) is 4.99 Å². The summed E-state index contributed by atoms with van der Waals surface area (Å²) in [6.45, 7) is 10.4. The molecule has 0 radical (unpaired) electrons. The molecule has 2 aromatic carbocycles. The fourth-order valence-corrected chi connectivity index (χ4v) is 3.09. The van der Waals surface area contributed by atoms with Crippen LogP contribution in [0.15, 0.2) is 102 Å². The lowest BCUT2D eigenvalue weighted by molar-refractivity contribution is -0.139. The van der Waals surface area contributed by atoms with Gasteiger partial charge in [0.1, 0.15) is 6.61 Å². The third-order valence-corrected chi connectivity index (χ3v) is 5.38. The average Bonchev–Trinajstić information content (AvgIpc) is 2.73. The zero-order valence-electron chi connectivity index (χ0n) is 16.7. The molecule has 0 bridgehead atoms. The Morgan fingerprint density at radius 2 is 1.72 bits per heavy atom. The zero-order chi connectivity index (χ0) is 21.2. The van der Waals surface area contributed by atoms with Crippen LogP contribution in [0.4, 0.5) is 0 Å². The first-order chi connectivity index (χ1) is 13.9. The summed E-state index contributed by atoms with van der Waals surface area (Å²) >= 11 is 2.31. The quantitative estimate of drug-likeness (QED) is 0.148. The predicted molar refractivity (Wildman–Crippen MR) is 129 cm³/mol. The van der Waals surface area contributed by atoms with Crippen molar-refractivity contribution in [1.29, 1.82) is 0 Å². The van der Waals surface area contributed by atoms with Gasteiger partial charge in [0, 0.05) is 22.3 Å². The van der Waals surface area contributed by atoms with Crippen LogP contribution in [0.1, 0.15) is 16.7 Å². The molecule has 0 aliphatic carbocycles. The third kappa shape index (κ3) is 6.98. The molecule has 2 rings (SSSR count). The number of nitrogens with zero attached hydrogens (tertiary/aromatic N) is 1. The summed E-state index contributed by atoms with van der Waals surface area (Å²) in [5.41, 5.74) is 5.44. The van der Waals surface area contributed by atoms with Gasteiger partial charge in [-0.25, -0.2) is 4.79 Å². The van der Waals surface area contributed by atoms with Crippen molar-refractivity contribution in [2.45, 2.75) is 13.5 Å². The first kappa shape index (κ1) is 22.6. The summed E-state index contributed by atoms with van der Waals surface area (Å²) in [6.07, 6.45) is 6.65. The highest BCUT2D eigenvalue weighted by molar-refractivity contribution is 14.1. The Kier molecular flexibility index (Phi) is 8.80. The molecule has 0 saturated heterocycles. The Bertz CT molecular complexity index is 985. The van der Waals surface area contributed by atoms with Gasteiger partial charge in [-0.05, 0) is 63.9 Å². The molecule has 29 heavy (non-hydrogen) atoms. The van der Waals surface area contributed by atoms with Crippen LogP contribution in [0.2, 0.25) is 0 Å². The Balaban J connectivity index is 1.94. The lowest BCUT2D eigenvalue weighted by atomic mass is 9.98. The topological polar surface area (TPSA) is 38.7 Å². The Morgan fingerprint density at radius 3 is 2.41 bits per heavy atom. The molecule has 2 aromatic rings. The van der Waals surface area contributed by atoms with E-state index in [1.807, 2.05) is 48.5 Å². The molecule has 0 aliphatic heterocycles. The van der Waals surface area contributed by atoms with Crippen molar-refractivity contribution in [2.75, 3.05) is 7.05 Å². The SMILES string of the molecule is C=C(/C=C\C(=C)/C(=N/C)c1cccc(I)c1C)/C=C\C(=O)OCc1ccccc1. The maximum atomic E-state index is 11.9. The summed E-state index contributed by atoms with van der Waals surface area (Å²) in [6, 6.07) is 15.7. The van der Waals surface area contributed by atoms with Gasteiger partial charge in [-0.3, -0.25) is 4.99 Å². The number of rotatable bonds is 8. The lowest BCUT2D eigenvalue weighted by Gasteiger charge is -2.11. The molecule has 0 heterocycles. The van der Waals surface area contributed by atoms with Crippen molar-refractivity contribution >= 4 is 34.3 Å². The van der Waals surface area contributed by atoms with Crippen molar-refractivity contribution in [3.05, 3.63) is 117 Å². The maximum absolute atomic E-state index is 11.9. The second-order valence-electron chi connectivity index (χ2n) is 6.34. The van der Waals surface area contributed by atoms with E-state index in [0.717, 1.165) is 22.4 Å². The van der Waals surface area contributed by atoms with E-state index in [2.05, 4.69) is 53.7 Å². The number of esters is 1. The average molecular weight is 497 g/mol. The summed E-state index contributed by atoms with van der Waals surface area (Å²) in [7, 11) is 1.76. The molecule has 0 aromatic heterocycles. The number of hydrogen-bond donors (Lipinski definition) is 0. The summed E-state index contributed by atoms with van der Waals surface area (Å²) in [5.74, 6) is -0.410. The first-order valence-corrected chi connectivity index (χ1v) is 10.2. The van der Waals surface area contributed by atoms with Crippen LogP contribution in [0, 0.1) is 10.5 Å². The van der Waals surface area contributed by atoms with Gasteiger partial charge in [-0.15, -0.1) is 0 Å².